The molecule has 0 aliphatic rings. The summed E-state index contributed by atoms with van der Waals surface area (Å²) in [6.45, 7) is 6.55. The van der Waals surface area contributed by atoms with E-state index in [0.717, 1.165) is 89.9 Å². The molecule has 0 spiro atoms. The molecule has 0 radical (unpaired) electrons. The van der Waals surface area contributed by atoms with Crippen LogP contribution >= 0.6 is 0 Å². The first-order chi connectivity index (χ1) is 32.0. The highest BCUT2D eigenvalue weighted by Gasteiger charge is 2.19. The minimum atomic E-state index is -0.779. The van der Waals surface area contributed by atoms with Gasteiger partial charge in [0.2, 0.25) is 0 Å². The summed E-state index contributed by atoms with van der Waals surface area (Å²) in [5.74, 6) is -0.886. The number of unbranched alkanes of at least 4 members (excludes halogenated alkanes) is 35. The zero-order chi connectivity index (χ0) is 47.2. The van der Waals surface area contributed by atoms with E-state index in [1.165, 1.54) is 173 Å². The maximum Gasteiger partial charge on any atom is 0.306 e. The van der Waals surface area contributed by atoms with Gasteiger partial charge in [-0.15, -0.1) is 0 Å². The molecule has 0 rings (SSSR count). The van der Waals surface area contributed by atoms with Crippen LogP contribution in [0, 0.1) is 0 Å². The number of hydrogen-bond donors (Lipinski definition) is 0. The Hall–Kier alpha value is -2.37. The summed E-state index contributed by atoms with van der Waals surface area (Å²) in [6, 6.07) is 0. The highest BCUT2D eigenvalue weighted by Crippen LogP contribution is 2.17. The Morgan fingerprint density at radius 2 is 0.600 bits per heavy atom. The van der Waals surface area contributed by atoms with Crippen LogP contribution < -0.4 is 0 Å². The lowest BCUT2D eigenvalue weighted by molar-refractivity contribution is -0.167. The van der Waals surface area contributed by atoms with E-state index in [9.17, 15) is 14.4 Å². The molecule has 380 valence electrons. The van der Waals surface area contributed by atoms with Gasteiger partial charge >= 0.3 is 17.9 Å². The van der Waals surface area contributed by atoms with Crippen LogP contribution in [0.3, 0.4) is 0 Å². The van der Waals surface area contributed by atoms with Crippen molar-refractivity contribution in [1.82, 2.24) is 0 Å². The minimum Gasteiger partial charge on any atom is -0.462 e. The highest BCUT2D eigenvalue weighted by molar-refractivity contribution is 5.71. The molecule has 0 aromatic heterocycles. The van der Waals surface area contributed by atoms with Gasteiger partial charge in [-0.2, -0.15) is 0 Å². The second kappa shape index (κ2) is 54.2. The summed E-state index contributed by atoms with van der Waals surface area (Å²) >= 11 is 0. The Labute approximate surface area is 404 Å². The van der Waals surface area contributed by atoms with Gasteiger partial charge in [-0.25, -0.2) is 0 Å². The van der Waals surface area contributed by atoms with Gasteiger partial charge in [0.25, 0.3) is 0 Å². The largest absolute Gasteiger partial charge is 0.462 e. The Morgan fingerprint density at radius 1 is 0.323 bits per heavy atom. The zero-order valence-corrected chi connectivity index (χ0v) is 43.5. The van der Waals surface area contributed by atoms with Gasteiger partial charge in [0.05, 0.1) is 0 Å². The summed E-state index contributed by atoms with van der Waals surface area (Å²) in [5.41, 5.74) is 0. The lowest BCUT2D eigenvalue weighted by atomic mass is 10.0. The number of carbonyl (C=O) groups excluding carboxylic acids is 3. The molecule has 1 atom stereocenters. The van der Waals surface area contributed by atoms with E-state index < -0.39 is 6.10 Å². The fourth-order valence-electron chi connectivity index (χ4n) is 8.36. The van der Waals surface area contributed by atoms with E-state index in [4.69, 9.17) is 14.2 Å². The van der Waals surface area contributed by atoms with Crippen LogP contribution in [0.2, 0.25) is 0 Å². The number of esters is 3. The van der Waals surface area contributed by atoms with Crippen molar-refractivity contribution in [3.63, 3.8) is 0 Å². The second-order valence-electron chi connectivity index (χ2n) is 19.2. The molecule has 0 aliphatic carbocycles. The maximum absolute atomic E-state index is 12.8. The zero-order valence-electron chi connectivity index (χ0n) is 43.5. The smallest absolute Gasteiger partial charge is 0.306 e. The molecule has 0 saturated heterocycles. The molecule has 6 heteroatoms. The Balaban J connectivity index is 4.32. The first-order valence-corrected chi connectivity index (χ1v) is 28.5. The van der Waals surface area contributed by atoms with Crippen LogP contribution in [0.1, 0.15) is 303 Å². The molecule has 0 aliphatic heterocycles. The Morgan fingerprint density at radius 3 is 0.954 bits per heavy atom. The Kier molecular flexibility index (Phi) is 52.3. The number of ether oxygens (including phenoxy) is 3. The molecule has 0 heterocycles. The van der Waals surface area contributed by atoms with E-state index in [2.05, 4.69) is 57.2 Å². The lowest BCUT2D eigenvalue weighted by Crippen LogP contribution is -2.30. The van der Waals surface area contributed by atoms with E-state index in [-0.39, 0.29) is 31.1 Å². The fourth-order valence-corrected chi connectivity index (χ4v) is 8.36. The summed E-state index contributed by atoms with van der Waals surface area (Å²) in [4.78, 5) is 38.1. The molecular weight excluding hydrogens is 805 g/mol. The van der Waals surface area contributed by atoms with Crippen LogP contribution in [-0.4, -0.2) is 37.2 Å². The van der Waals surface area contributed by atoms with Gasteiger partial charge in [0.1, 0.15) is 13.2 Å². The molecule has 0 bridgehead atoms. The van der Waals surface area contributed by atoms with Crippen molar-refractivity contribution >= 4 is 17.9 Å². The molecule has 0 amide bonds. The van der Waals surface area contributed by atoms with E-state index in [1.807, 2.05) is 0 Å². The van der Waals surface area contributed by atoms with Crippen molar-refractivity contribution in [3.05, 3.63) is 36.5 Å². The SMILES string of the molecule is CC/C=C\C/C=C\CCCCCCCCCC(=O)OC(COC(=O)CCCCC/C=C\CCCCCCCCC)COC(=O)CCCCCCCCCCCCCCCCCCCCC. The third kappa shape index (κ3) is 52.5. The van der Waals surface area contributed by atoms with Crippen LogP contribution in [0.4, 0.5) is 0 Å². The monoisotopic (exact) mass is 913 g/mol. The normalized spacial score (nSPS) is 12.2. The highest BCUT2D eigenvalue weighted by atomic mass is 16.6. The van der Waals surface area contributed by atoms with Gasteiger partial charge < -0.3 is 14.2 Å². The standard InChI is InChI=1S/C59H108O6/c1-4-7-10-13-16-19-22-25-28-29-30-31-32-35-37-40-43-46-49-52-58(61)64-55-56(65-59(62)53-50-47-44-41-38-34-27-24-21-18-15-12-9-6-3)54-63-57(60)51-48-45-42-39-36-33-26-23-20-17-14-11-8-5-2/h9,12,18,21,33,36,56H,4-8,10-11,13-17,19-20,22-32,34-35,37-55H2,1-3H3/b12-9-,21-18-,36-33-. The van der Waals surface area contributed by atoms with Crippen molar-refractivity contribution in [3.8, 4) is 0 Å². The van der Waals surface area contributed by atoms with Crippen LogP contribution in [0.15, 0.2) is 36.5 Å². The molecule has 6 nitrogen and oxygen atoms in total. The quantitative estimate of drug-likeness (QED) is 0.0262. The van der Waals surface area contributed by atoms with Gasteiger partial charge in [-0.05, 0) is 70.6 Å². The predicted octanol–water partition coefficient (Wildman–Crippen LogP) is 18.9. The second-order valence-corrected chi connectivity index (χ2v) is 19.2. The van der Waals surface area contributed by atoms with E-state index in [1.54, 1.807) is 0 Å². The van der Waals surface area contributed by atoms with Gasteiger partial charge in [-0.3, -0.25) is 14.4 Å². The molecule has 0 N–H and O–H groups in total. The molecule has 65 heavy (non-hydrogen) atoms. The molecule has 0 aromatic carbocycles. The summed E-state index contributed by atoms with van der Waals surface area (Å²) in [6.07, 6.45) is 64.2. The van der Waals surface area contributed by atoms with Crippen LogP contribution in [0.5, 0.6) is 0 Å². The van der Waals surface area contributed by atoms with Crippen LogP contribution in [0.25, 0.3) is 0 Å². The minimum absolute atomic E-state index is 0.0766. The molecular formula is C59H108O6. The van der Waals surface area contributed by atoms with Gasteiger partial charge in [-0.1, -0.05) is 250 Å². The van der Waals surface area contributed by atoms with Crippen molar-refractivity contribution in [2.45, 2.75) is 309 Å². The van der Waals surface area contributed by atoms with Crippen molar-refractivity contribution in [2.75, 3.05) is 13.2 Å². The lowest BCUT2D eigenvalue weighted by Gasteiger charge is -2.18. The first kappa shape index (κ1) is 62.6. The van der Waals surface area contributed by atoms with Gasteiger partial charge in [0.15, 0.2) is 6.10 Å². The van der Waals surface area contributed by atoms with Gasteiger partial charge in [0, 0.05) is 19.3 Å². The number of carbonyl (C=O) groups is 3. The molecule has 0 saturated carbocycles. The summed E-state index contributed by atoms with van der Waals surface area (Å²) in [7, 11) is 0. The van der Waals surface area contributed by atoms with Crippen molar-refractivity contribution < 1.29 is 28.6 Å². The molecule has 0 fully saturated rings. The first-order valence-electron chi connectivity index (χ1n) is 28.5. The topological polar surface area (TPSA) is 78.9 Å². The third-order valence-corrected chi connectivity index (χ3v) is 12.6. The van der Waals surface area contributed by atoms with Crippen molar-refractivity contribution in [1.29, 1.82) is 0 Å². The van der Waals surface area contributed by atoms with Crippen molar-refractivity contribution in [2.24, 2.45) is 0 Å². The summed E-state index contributed by atoms with van der Waals surface area (Å²) in [5, 5.41) is 0. The number of hydrogen-bond acceptors (Lipinski definition) is 6. The predicted molar refractivity (Wildman–Crippen MR) is 279 cm³/mol. The van der Waals surface area contributed by atoms with Crippen LogP contribution in [-0.2, 0) is 28.6 Å². The number of rotatable bonds is 52. The van der Waals surface area contributed by atoms with E-state index in [0.29, 0.717) is 19.3 Å². The Bertz CT molecular complexity index is 1090. The fraction of sp³-hybridized carbons (Fsp3) is 0.847. The maximum atomic E-state index is 12.8. The molecule has 1 unspecified atom stereocenters. The van der Waals surface area contributed by atoms with E-state index >= 15 is 0 Å². The molecule has 0 aromatic rings. The third-order valence-electron chi connectivity index (χ3n) is 12.6. The average molecular weight is 914 g/mol. The summed E-state index contributed by atoms with van der Waals surface area (Å²) < 4.78 is 16.8. The average Bonchev–Trinajstić information content (AvgIpc) is 3.30. The number of allylic oxidation sites excluding steroid dienone is 6.